The van der Waals surface area contributed by atoms with Gasteiger partial charge in [-0.2, -0.15) is 0 Å². The number of benzene rings is 1. The van der Waals surface area contributed by atoms with Gasteiger partial charge >= 0.3 is 0 Å². The summed E-state index contributed by atoms with van der Waals surface area (Å²) in [5.74, 6) is -0.228. The predicted molar refractivity (Wildman–Crippen MR) is 114 cm³/mol. The standard InChI is InChI=1S/C23H31NO6S/c1-15-5-7-18(8-6-15)31(28,29)24(2)10-4-9-23-17-11-16(20(30-3)21(23)27)13-22(23,14-25)19(26)12-17/h5-8,16-17,20,25H,4,9-14H2,1-3H3/t16-,17+,20+,22+,23-/m1/s1. The first kappa shape index (κ1) is 22.6. The molecule has 0 aliphatic heterocycles. The summed E-state index contributed by atoms with van der Waals surface area (Å²) in [7, 11) is -0.584. The van der Waals surface area contributed by atoms with Gasteiger partial charge in [-0.15, -0.1) is 0 Å². The van der Waals surface area contributed by atoms with Gasteiger partial charge in [-0.1, -0.05) is 17.7 Å². The molecule has 0 heterocycles. The Morgan fingerprint density at radius 1 is 1.23 bits per heavy atom. The van der Waals surface area contributed by atoms with E-state index in [1.165, 1.54) is 18.5 Å². The molecule has 31 heavy (non-hydrogen) atoms. The lowest BCUT2D eigenvalue weighted by Gasteiger charge is -2.58. The van der Waals surface area contributed by atoms with Gasteiger partial charge in [0.25, 0.3) is 0 Å². The molecule has 4 saturated carbocycles. The Morgan fingerprint density at radius 2 is 1.90 bits per heavy atom. The van der Waals surface area contributed by atoms with Crippen molar-refractivity contribution in [2.75, 3.05) is 27.3 Å². The van der Waals surface area contributed by atoms with Crippen LogP contribution in [0.3, 0.4) is 0 Å². The maximum Gasteiger partial charge on any atom is 0.242 e. The summed E-state index contributed by atoms with van der Waals surface area (Å²) in [6, 6.07) is 6.71. The van der Waals surface area contributed by atoms with Gasteiger partial charge in [0.2, 0.25) is 10.0 Å². The first-order valence-corrected chi connectivity index (χ1v) is 12.3. The molecular weight excluding hydrogens is 418 g/mol. The van der Waals surface area contributed by atoms with Crippen LogP contribution in [0.1, 0.15) is 37.7 Å². The highest BCUT2D eigenvalue weighted by molar-refractivity contribution is 7.89. The molecule has 170 valence electrons. The van der Waals surface area contributed by atoms with E-state index in [2.05, 4.69) is 0 Å². The average molecular weight is 450 g/mol. The van der Waals surface area contributed by atoms with Gasteiger partial charge in [-0.25, -0.2) is 12.7 Å². The van der Waals surface area contributed by atoms with Crippen LogP contribution in [0.4, 0.5) is 0 Å². The van der Waals surface area contributed by atoms with Gasteiger partial charge in [0, 0.05) is 32.5 Å². The molecule has 0 spiro atoms. The zero-order valence-corrected chi connectivity index (χ0v) is 19.2. The van der Waals surface area contributed by atoms with Gasteiger partial charge in [0.1, 0.15) is 11.9 Å². The molecule has 1 aromatic carbocycles. The van der Waals surface area contributed by atoms with E-state index in [0.29, 0.717) is 25.7 Å². The number of ether oxygens (including phenoxy) is 1. The van der Waals surface area contributed by atoms with Gasteiger partial charge in [0.05, 0.1) is 16.9 Å². The summed E-state index contributed by atoms with van der Waals surface area (Å²) in [4.78, 5) is 26.7. The molecule has 4 aliphatic carbocycles. The van der Waals surface area contributed by atoms with Crippen molar-refractivity contribution in [1.29, 1.82) is 0 Å². The number of carbonyl (C=O) groups is 2. The van der Waals surface area contributed by atoms with Crippen LogP contribution in [0.15, 0.2) is 29.2 Å². The molecular formula is C23H31NO6S. The summed E-state index contributed by atoms with van der Waals surface area (Å²) < 4.78 is 32.6. The van der Waals surface area contributed by atoms with E-state index in [0.717, 1.165) is 12.0 Å². The molecule has 0 unspecified atom stereocenters. The third kappa shape index (κ3) is 3.06. The van der Waals surface area contributed by atoms with Crippen molar-refractivity contribution in [2.45, 2.75) is 50.0 Å². The highest BCUT2D eigenvalue weighted by Crippen LogP contribution is 2.69. The quantitative estimate of drug-likeness (QED) is 0.651. The van der Waals surface area contributed by atoms with Crippen molar-refractivity contribution in [3.05, 3.63) is 29.8 Å². The minimum atomic E-state index is -3.64. The first-order valence-electron chi connectivity index (χ1n) is 10.9. The van der Waals surface area contributed by atoms with Gasteiger partial charge in [-0.05, 0) is 56.6 Å². The summed E-state index contributed by atoms with van der Waals surface area (Å²) in [5, 5.41) is 10.3. The SMILES string of the molecule is CO[C@@H]1C(=O)[C@@]2(CCCN(C)S(=O)(=O)c3ccc(C)cc3)[C@@H]3CC(=O)[C@@]2(CO)C[C@H]1C3. The van der Waals surface area contributed by atoms with Crippen LogP contribution in [0.25, 0.3) is 0 Å². The van der Waals surface area contributed by atoms with Crippen molar-refractivity contribution < 1.29 is 27.9 Å². The zero-order chi connectivity index (χ0) is 22.6. The van der Waals surface area contributed by atoms with Crippen molar-refractivity contribution in [3.8, 4) is 0 Å². The van der Waals surface area contributed by atoms with Crippen LogP contribution in [0.2, 0.25) is 0 Å². The van der Waals surface area contributed by atoms with E-state index in [4.69, 9.17) is 4.74 Å². The molecule has 4 aliphatic rings. The molecule has 0 radical (unpaired) electrons. The van der Waals surface area contributed by atoms with E-state index in [9.17, 15) is 23.1 Å². The van der Waals surface area contributed by atoms with Crippen LogP contribution < -0.4 is 0 Å². The summed E-state index contributed by atoms with van der Waals surface area (Å²) in [6.07, 6.45) is 1.80. The molecule has 8 heteroatoms. The Morgan fingerprint density at radius 3 is 2.52 bits per heavy atom. The van der Waals surface area contributed by atoms with E-state index in [-0.39, 0.29) is 41.4 Å². The fourth-order valence-corrected chi connectivity index (χ4v) is 7.81. The van der Waals surface area contributed by atoms with E-state index in [1.807, 2.05) is 6.92 Å². The lowest BCUT2D eigenvalue weighted by molar-refractivity contribution is -0.190. The molecule has 1 N–H and O–H groups in total. The Bertz CT molecular complexity index is 990. The number of hydrogen-bond donors (Lipinski definition) is 1. The molecule has 5 atom stereocenters. The van der Waals surface area contributed by atoms with Crippen molar-refractivity contribution in [3.63, 3.8) is 0 Å². The lowest BCUT2D eigenvalue weighted by atomic mass is 9.44. The summed E-state index contributed by atoms with van der Waals surface area (Å²) >= 11 is 0. The first-order chi connectivity index (χ1) is 14.6. The van der Waals surface area contributed by atoms with E-state index < -0.39 is 27.0 Å². The molecule has 0 aromatic heterocycles. The van der Waals surface area contributed by atoms with Gasteiger partial charge in [0.15, 0.2) is 5.78 Å². The molecule has 0 saturated heterocycles. The van der Waals surface area contributed by atoms with Crippen LogP contribution in [0, 0.1) is 29.6 Å². The normalized spacial score (nSPS) is 34.7. The highest BCUT2D eigenvalue weighted by atomic mass is 32.2. The van der Waals surface area contributed by atoms with Crippen LogP contribution in [-0.4, -0.2) is 62.8 Å². The second-order valence-corrected chi connectivity index (χ2v) is 11.5. The maximum atomic E-state index is 13.5. The molecule has 4 bridgehead atoms. The number of sulfonamides is 1. The third-order valence-corrected chi connectivity index (χ3v) is 10.0. The van der Waals surface area contributed by atoms with Crippen LogP contribution in [0.5, 0.6) is 0 Å². The molecule has 5 rings (SSSR count). The van der Waals surface area contributed by atoms with Crippen molar-refractivity contribution in [2.24, 2.45) is 22.7 Å². The monoisotopic (exact) mass is 449 g/mol. The number of aryl methyl sites for hydroxylation is 1. The smallest absolute Gasteiger partial charge is 0.242 e. The Kier molecular flexibility index (Phi) is 5.65. The number of fused-ring (bicyclic) bond motifs is 1. The van der Waals surface area contributed by atoms with Gasteiger partial charge in [-0.3, -0.25) is 9.59 Å². The number of ketones is 2. The van der Waals surface area contributed by atoms with Gasteiger partial charge < -0.3 is 9.84 Å². The van der Waals surface area contributed by atoms with Crippen LogP contribution in [-0.2, 0) is 24.3 Å². The largest absolute Gasteiger partial charge is 0.395 e. The predicted octanol–water partition coefficient (Wildman–Crippen LogP) is 1.96. The molecule has 0 amide bonds. The minimum Gasteiger partial charge on any atom is -0.395 e. The molecule has 7 nitrogen and oxygen atoms in total. The number of methoxy groups -OCH3 is 1. The number of hydrogen-bond acceptors (Lipinski definition) is 6. The Labute approximate surface area is 183 Å². The fraction of sp³-hybridized carbons (Fsp3) is 0.652. The van der Waals surface area contributed by atoms with E-state index in [1.54, 1.807) is 24.3 Å². The van der Waals surface area contributed by atoms with E-state index >= 15 is 0 Å². The molecule has 1 aromatic rings. The second-order valence-electron chi connectivity index (χ2n) is 9.50. The Hall–Kier alpha value is -1.61. The average Bonchev–Trinajstić information content (AvgIpc) is 2.87. The third-order valence-electron chi connectivity index (χ3n) is 8.14. The zero-order valence-electron chi connectivity index (χ0n) is 18.3. The number of rotatable bonds is 8. The number of aliphatic hydroxyl groups excluding tert-OH is 1. The topological polar surface area (TPSA) is 101 Å². The van der Waals surface area contributed by atoms with Crippen molar-refractivity contribution in [1.82, 2.24) is 4.31 Å². The van der Waals surface area contributed by atoms with Crippen LogP contribution >= 0.6 is 0 Å². The summed E-state index contributed by atoms with van der Waals surface area (Å²) in [6.45, 7) is 1.79. The maximum absolute atomic E-state index is 13.5. The number of Topliss-reactive ketones (excluding diaryl/α,β-unsaturated/α-hetero) is 2. The van der Waals surface area contributed by atoms with Crippen molar-refractivity contribution >= 4 is 21.6 Å². The fourth-order valence-electron chi connectivity index (χ4n) is 6.60. The number of nitrogens with zero attached hydrogens (tertiary/aromatic N) is 1. The minimum absolute atomic E-state index is 0.0222. The Balaban J connectivity index is 1.55. The summed E-state index contributed by atoms with van der Waals surface area (Å²) in [5.41, 5.74) is -1.02. The number of carbonyl (C=O) groups excluding carboxylic acids is 2. The number of aliphatic hydroxyl groups is 1. The highest BCUT2D eigenvalue weighted by Gasteiger charge is 2.75. The lowest BCUT2D eigenvalue weighted by Crippen LogP contribution is -2.66. The second kappa shape index (κ2) is 7.76. The molecule has 4 fully saturated rings.